The molecule has 0 aliphatic heterocycles. The van der Waals surface area contributed by atoms with Gasteiger partial charge in [-0.3, -0.25) is 19.7 Å². The number of para-hydroxylation sites is 1. The number of thiazole rings is 1. The zero-order valence-corrected chi connectivity index (χ0v) is 16.5. The standard InChI is InChI=1S/C19H15ClN4O4S/c20-14-7-5-12(6-8-14)15-11-29-19(22-15)23-18(26)10-21-17(25)9-13-3-1-2-4-16(13)24(27)28/h1-8,11H,9-10H2,(H,21,25)(H,22,23,26). The van der Waals surface area contributed by atoms with Crippen molar-refractivity contribution in [3.8, 4) is 11.3 Å². The number of hydrogen-bond donors (Lipinski definition) is 2. The van der Waals surface area contributed by atoms with Crippen molar-refractivity contribution < 1.29 is 14.5 Å². The number of carbonyl (C=O) groups is 2. The van der Waals surface area contributed by atoms with Gasteiger partial charge in [0.2, 0.25) is 11.8 Å². The highest BCUT2D eigenvalue weighted by atomic mass is 35.5. The van der Waals surface area contributed by atoms with Gasteiger partial charge in [0.25, 0.3) is 5.69 Å². The molecule has 0 spiro atoms. The van der Waals surface area contributed by atoms with Crippen molar-refractivity contribution in [3.63, 3.8) is 0 Å². The van der Waals surface area contributed by atoms with Gasteiger partial charge < -0.3 is 10.6 Å². The van der Waals surface area contributed by atoms with Gasteiger partial charge in [-0.05, 0) is 12.1 Å². The number of aromatic nitrogens is 1. The van der Waals surface area contributed by atoms with Gasteiger partial charge >= 0.3 is 0 Å². The van der Waals surface area contributed by atoms with Crippen LogP contribution < -0.4 is 10.6 Å². The van der Waals surface area contributed by atoms with Crippen LogP contribution in [0.4, 0.5) is 10.8 Å². The number of amides is 2. The number of carbonyl (C=O) groups excluding carboxylic acids is 2. The van der Waals surface area contributed by atoms with Crippen molar-refractivity contribution >= 4 is 45.6 Å². The Balaban J connectivity index is 1.52. The van der Waals surface area contributed by atoms with Crippen molar-refractivity contribution in [1.29, 1.82) is 0 Å². The fourth-order valence-corrected chi connectivity index (χ4v) is 3.36. The first-order valence-corrected chi connectivity index (χ1v) is 9.68. The third-order valence-electron chi connectivity index (χ3n) is 3.88. The molecule has 0 aliphatic rings. The maximum atomic E-state index is 12.1. The van der Waals surface area contributed by atoms with Gasteiger partial charge in [-0.2, -0.15) is 0 Å². The van der Waals surface area contributed by atoms with Crippen LogP contribution in [0.25, 0.3) is 11.3 Å². The molecule has 2 amide bonds. The molecule has 1 aromatic heterocycles. The van der Waals surface area contributed by atoms with E-state index in [4.69, 9.17) is 11.6 Å². The SMILES string of the molecule is O=C(Cc1ccccc1[N+](=O)[O-])NCC(=O)Nc1nc(-c2ccc(Cl)cc2)cs1. The lowest BCUT2D eigenvalue weighted by Crippen LogP contribution is -2.33. The minimum absolute atomic E-state index is 0.135. The number of nitro benzene ring substituents is 1. The van der Waals surface area contributed by atoms with Crippen LogP contribution >= 0.6 is 22.9 Å². The van der Waals surface area contributed by atoms with Crippen LogP contribution in [-0.4, -0.2) is 28.3 Å². The quantitative estimate of drug-likeness (QED) is 0.438. The van der Waals surface area contributed by atoms with Crippen molar-refractivity contribution in [2.24, 2.45) is 0 Å². The maximum absolute atomic E-state index is 12.1. The molecule has 0 saturated carbocycles. The Bertz CT molecular complexity index is 1050. The first-order chi connectivity index (χ1) is 13.9. The topological polar surface area (TPSA) is 114 Å². The van der Waals surface area contributed by atoms with Gasteiger partial charge in [-0.1, -0.05) is 41.9 Å². The van der Waals surface area contributed by atoms with Crippen molar-refractivity contribution in [2.45, 2.75) is 6.42 Å². The zero-order valence-electron chi connectivity index (χ0n) is 14.9. The van der Waals surface area contributed by atoms with Crippen molar-refractivity contribution in [3.05, 3.63) is 74.6 Å². The highest BCUT2D eigenvalue weighted by Gasteiger charge is 2.16. The fourth-order valence-electron chi connectivity index (χ4n) is 2.50. The largest absolute Gasteiger partial charge is 0.347 e. The molecule has 0 fully saturated rings. The smallest absolute Gasteiger partial charge is 0.273 e. The molecule has 0 aliphatic carbocycles. The number of benzene rings is 2. The van der Waals surface area contributed by atoms with Gasteiger partial charge in [0.1, 0.15) is 0 Å². The highest BCUT2D eigenvalue weighted by Crippen LogP contribution is 2.25. The molecule has 3 rings (SSSR count). The van der Waals surface area contributed by atoms with E-state index in [1.165, 1.54) is 29.5 Å². The van der Waals surface area contributed by atoms with Gasteiger partial charge in [0.15, 0.2) is 5.13 Å². The second kappa shape index (κ2) is 9.26. The molecule has 2 N–H and O–H groups in total. The third-order valence-corrected chi connectivity index (χ3v) is 4.89. The van der Waals surface area contributed by atoms with Gasteiger partial charge in [0, 0.05) is 27.6 Å². The summed E-state index contributed by atoms with van der Waals surface area (Å²) in [4.78, 5) is 38.9. The Morgan fingerprint density at radius 1 is 1.10 bits per heavy atom. The molecule has 29 heavy (non-hydrogen) atoms. The molecule has 1 heterocycles. The normalized spacial score (nSPS) is 10.4. The average Bonchev–Trinajstić information content (AvgIpc) is 3.15. The molecule has 0 unspecified atom stereocenters. The summed E-state index contributed by atoms with van der Waals surface area (Å²) in [5, 5.41) is 18.9. The van der Waals surface area contributed by atoms with Crippen LogP contribution in [0.2, 0.25) is 5.02 Å². The van der Waals surface area contributed by atoms with E-state index in [0.29, 0.717) is 15.8 Å². The number of nitro groups is 1. The predicted octanol–water partition coefficient (Wildman–Crippen LogP) is 3.67. The number of nitrogens with zero attached hydrogens (tertiary/aromatic N) is 2. The van der Waals surface area contributed by atoms with Crippen LogP contribution in [0, 0.1) is 10.1 Å². The summed E-state index contributed by atoms with van der Waals surface area (Å²) in [7, 11) is 0. The molecule has 8 nitrogen and oxygen atoms in total. The minimum Gasteiger partial charge on any atom is -0.347 e. The van der Waals surface area contributed by atoms with Crippen LogP contribution in [0.15, 0.2) is 53.9 Å². The number of nitrogens with one attached hydrogen (secondary N) is 2. The van der Waals surface area contributed by atoms with E-state index >= 15 is 0 Å². The molecular formula is C19H15ClN4O4S. The molecule has 3 aromatic rings. The summed E-state index contributed by atoms with van der Waals surface area (Å²) in [6.07, 6.45) is -0.192. The Labute approximate surface area is 174 Å². The lowest BCUT2D eigenvalue weighted by atomic mass is 10.1. The van der Waals surface area contributed by atoms with Gasteiger partial charge in [-0.25, -0.2) is 4.98 Å². The third kappa shape index (κ3) is 5.59. The summed E-state index contributed by atoms with van der Waals surface area (Å²) in [6.45, 7) is -0.269. The highest BCUT2D eigenvalue weighted by molar-refractivity contribution is 7.14. The number of hydrogen-bond acceptors (Lipinski definition) is 6. The minimum atomic E-state index is -0.546. The van der Waals surface area contributed by atoms with Crippen molar-refractivity contribution in [1.82, 2.24) is 10.3 Å². The van der Waals surface area contributed by atoms with E-state index in [1.807, 2.05) is 12.1 Å². The van der Waals surface area contributed by atoms with Crippen molar-refractivity contribution in [2.75, 3.05) is 11.9 Å². The second-order valence-electron chi connectivity index (χ2n) is 5.93. The zero-order chi connectivity index (χ0) is 20.8. The number of halogens is 1. The summed E-state index contributed by atoms with van der Waals surface area (Å²) in [5.74, 6) is -0.937. The molecule has 0 atom stereocenters. The molecule has 0 radical (unpaired) electrons. The molecule has 0 bridgehead atoms. The lowest BCUT2D eigenvalue weighted by Gasteiger charge is -2.06. The molecule has 10 heteroatoms. The van der Waals surface area contributed by atoms with E-state index in [-0.39, 0.29) is 24.2 Å². The maximum Gasteiger partial charge on any atom is 0.273 e. The summed E-state index contributed by atoms with van der Waals surface area (Å²) in [5.41, 5.74) is 1.71. The van der Waals surface area contributed by atoms with Crippen LogP contribution in [0.5, 0.6) is 0 Å². The van der Waals surface area contributed by atoms with Gasteiger partial charge in [0.05, 0.1) is 23.6 Å². The number of anilines is 1. The molecule has 148 valence electrons. The first-order valence-electron chi connectivity index (χ1n) is 8.42. The van der Waals surface area contributed by atoms with E-state index in [2.05, 4.69) is 15.6 Å². The van der Waals surface area contributed by atoms with E-state index in [9.17, 15) is 19.7 Å². The first kappa shape index (κ1) is 20.4. The Morgan fingerprint density at radius 2 is 1.83 bits per heavy atom. The Hall–Kier alpha value is -3.30. The lowest BCUT2D eigenvalue weighted by molar-refractivity contribution is -0.385. The second-order valence-corrected chi connectivity index (χ2v) is 7.23. The van der Waals surface area contributed by atoms with E-state index < -0.39 is 16.7 Å². The summed E-state index contributed by atoms with van der Waals surface area (Å²) in [6, 6.07) is 13.1. The summed E-state index contributed by atoms with van der Waals surface area (Å²) >= 11 is 7.12. The van der Waals surface area contributed by atoms with Gasteiger partial charge in [-0.15, -0.1) is 11.3 Å². The molecular weight excluding hydrogens is 416 g/mol. The number of rotatable bonds is 7. The van der Waals surface area contributed by atoms with E-state index in [0.717, 1.165) is 5.56 Å². The predicted molar refractivity (Wildman–Crippen MR) is 111 cm³/mol. The molecule has 2 aromatic carbocycles. The summed E-state index contributed by atoms with van der Waals surface area (Å²) < 4.78 is 0. The van der Waals surface area contributed by atoms with Crippen LogP contribution in [0.1, 0.15) is 5.56 Å². The Morgan fingerprint density at radius 3 is 2.55 bits per heavy atom. The monoisotopic (exact) mass is 430 g/mol. The molecule has 0 saturated heterocycles. The van der Waals surface area contributed by atoms with E-state index in [1.54, 1.807) is 23.6 Å². The Kier molecular flexibility index (Phi) is 6.53. The van der Waals surface area contributed by atoms with Crippen LogP contribution in [-0.2, 0) is 16.0 Å². The fraction of sp³-hybridized carbons (Fsp3) is 0.105. The van der Waals surface area contributed by atoms with Crippen LogP contribution in [0.3, 0.4) is 0 Å². The average molecular weight is 431 g/mol.